The molecule has 7 heteroatoms. The van der Waals surface area contributed by atoms with Crippen LogP contribution in [0.4, 0.5) is 11.6 Å². The van der Waals surface area contributed by atoms with E-state index in [-0.39, 0.29) is 6.04 Å². The SMILES string of the molecule is Cc1nnc(NC2CCN(c3ccc(C#N)cn3)CC2)c(C#N)c1C. The highest BCUT2D eigenvalue weighted by Gasteiger charge is 2.22. The Balaban J connectivity index is 1.64. The van der Waals surface area contributed by atoms with Crippen molar-refractivity contribution in [3.8, 4) is 12.1 Å². The summed E-state index contributed by atoms with van der Waals surface area (Å²) in [6.07, 6.45) is 3.44. The van der Waals surface area contributed by atoms with Crippen molar-refractivity contribution in [1.82, 2.24) is 15.2 Å². The summed E-state index contributed by atoms with van der Waals surface area (Å²) < 4.78 is 0. The number of pyridine rings is 1. The third kappa shape index (κ3) is 3.51. The van der Waals surface area contributed by atoms with Crippen LogP contribution in [0, 0.1) is 36.5 Å². The van der Waals surface area contributed by atoms with Gasteiger partial charge in [-0.2, -0.15) is 15.6 Å². The molecule has 0 saturated carbocycles. The van der Waals surface area contributed by atoms with Gasteiger partial charge in [0, 0.05) is 25.3 Å². The molecule has 1 aliphatic rings. The van der Waals surface area contributed by atoms with Crippen LogP contribution in [0.1, 0.15) is 35.2 Å². The number of hydrogen-bond donors (Lipinski definition) is 1. The van der Waals surface area contributed by atoms with Crippen LogP contribution in [0.25, 0.3) is 0 Å². The first-order chi connectivity index (χ1) is 12.1. The zero-order valence-electron chi connectivity index (χ0n) is 14.3. The number of aryl methyl sites for hydroxylation is 1. The van der Waals surface area contributed by atoms with E-state index >= 15 is 0 Å². The molecule has 126 valence electrons. The molecular formula is C18H19N7. The van der Waals surface area contributed by atoms with Gasteiger partial charge in [0.25, 0.3) is 0 Å². The van der Waals surface area contributed by atoms with Crippen LogP contribution in [-0.4, -0.2) is 34.3 Å². The lowest BCUT2D eigenvalue weighted by molar-refractivity contribution is 0.521. The minimum Gasteiger partial charge on any atom is -0.365 e. The van der Waals surface area contributed by atoms with Crippen LogP contribution in [0.3, 0.4) is 0 Å². The Morgan fingerprint density at radius 1 is 1.12 bits per heavy atom. The summed E-state index contributed by atoms with van der Waals surface area (Å²) in [5, 5.41) is 29.9. The van der Waals surface area contributed by atoms with Crippen LogP contribution >= 0.6 is 0 Å². The van der Waals surface area contributed by atoms with Crippen molar-refractivity contribution in [2.45, 2.75) is 32.7 Å². The largest absolute Gasteiger partial charge is 0.365 e. The minimum absolute atomic E-state index is 0.248. The Morgan fingerprint density at radius 3 is 2.48 bits per heavy atom. The topological polar surface area (TPSA) is 102 Å². The second-order valence-corrected chi connectivity index (χ2v) is 6.17. The lowest BCUT2D eigenvalue weighted by Gasteiger charge is -2.33. The zero-order valence-corrected chi connectivity index (χ0v) is 14.3. The standard InChI is InChI=1S/C18H19N7/c1-12-13(2)23-24-18(16(12)10-20)22-15-5-7-25(8-6-15)17-4-3-14(9-19)11-21-17/h3-4,11,15H,5-8H2,1-2H3,(H,22,24). The van der Waals surface area contributed by atoms with Gasteiger partial charge in [-0.1, -0.05) is 0 Å². The number of rotatable bonds is 3. The first-order valence-electron chi connectivity index (χ1n) is 8.24. The molecule has 3 rings (SSSR count). The van der Waals surface area contributed by atoms with E-state index in [1.807, 2.05) is 19.9 Å². The number of nitrogens with zero attached hydrogens (tertiary/aromatic N) is 6. The molecule has 1 N–H and O–H groups in total. The molecule has 0 bridgehead atoms. The highest BCUT2D eigenvalue weighted by Crippen LogP contribution is 2.23. The van der Waals surface area contributed by atoms with Crippen LogP contribution in [0.2, 0.25) is 0 Å². The van der Waals surface area contributed by atoms with Crippen LogP contribution in [0.5, 0.6) is 0 Å². The van der Waals surface area contributed by atoms with Gasteiger partial charge in [0.1, 0.15) is 23.5 Å². The van der Waals surface area contributed by atoms with Crippen LogP contribution < -0.4 is 10.2 Å². The maximum atomic E-state index is 9.39. The van der Waals surface area contributed by atoms with Crippen molar-refractivity contribution in [2.75, 3.05) is 23.3 Å². The van der Waals surface area contributed by atoms with E-state index in [4.69, 9.17) is 5.26 Å². The lowest BCUT2D eigenvalue weighted by atomic mass is 10.0. The summed E-state index contributed by atoms with van der Waals surface area (Å²) >= 11 is 0. The molecule has 0 unspecified atom stereocenters. The van der Waals surface area contributed by atoms with Gasteiger partial charge in [-0.25, -0.2) is 4.98 Å². The first-order valence-corrected chi connectivity index (χ1v) is 8.24. The van der Waals surface area contributed by atoms with Crippen molar-refractivity contribution in [3.63, 3.8) is 0 Å². The van der Waals surface area contributed by atoms with Crippen molar-refractivity contribution in [2.24, 2.45) is 0 Å². The highest BCUT2D eigenvalue weighted by atomic mass is 15.2. The zero-order chi connectivity index (χ0) is 17.8. The molecule has 0 atom stereocenters. The van der Waals surface area contributed by atoms with Crippen LogP contribution in [-0.2, 0) is 0 Å². The van der Waals surface area contributed by atoms with Crippen molar-refractivity contribution in [3.05, 3.63) is 40.7 Å². The third-order valence-corrected chi connectivity index (χ3v) is 4.60. The van der Waals surface area contributed by atoms with Gasteiger partial charge < -0.3 is 10.2 Å². The van der Waals surface area contributed by atoms with E-state index in [2.05, 4.69) is 37.5 Å². The summed E-state index contributed by atoms with van der Waals surface area (Å²) in [5.74, 6) is 1.46. The minimum atomic E-state index is 0.248. The van der Waals surface area contributed by atoms with Crippen molar-refractivity contribution in [1.29, 1.82) is 10.5 Å². The fourth-order valence-corrected chi connectivity index (χ4v) is 2.93. The summed E-state index contributed by atoms with van der Waals surface area (Å²) in [6, 6.07) is 8.23. The predicted molar refractivity (Wildman–Crippen MR) is 94.0 cm³/mol. The molecule has 1 aliphatic heterocycles. The maximum absolute atomic E-state index is 9.39. The second-order valence-electron chi connectivity index (χ2n) is 6.17. The van der Waals surface area contributed by atoms with Gasteiger partial charge >= 0.3 is 0 Å². The number of hydrogen-bond acceptors (Lipinski definition) is 7. The number of anilines is 2. The fraction of sp³-hybridized carbons (Fsp3) is 0.389. The number of aromatic nitrogens is 3. The number of nitrogens with one attached hydrogen (secondary N) is 1. The highest BCUT2D eigenvalue weighted by molar-refractivity contribution is 5.56. The summed E-state index contributed by atoms with van der Waals surface area (Å²) in [6.45, 7) is 5.47. The molecule has 1 fully saturated rings. The molecule has 7 nitrogen and oxygen atoms in total. The van der Waals surface area contributed by atoms with Gasteiger partial charge in [-0.05, 0) is 44.4 Å². The first kappa shape index (κ1) is 16.7. The van der Waals surface area contributed by atoms with E-state index in [1.54, 1.807) is 12.3 Å². The molecule has 3 heterocycles. The monoisotopic (exact) mass is 333 g/mol. The molecular weight excluding hydrogens is 314 g/mol. The van der Waals surface area contributed by atoms with E-state index < -0.39 is 0 Å². The van der Waals surface area contributed by atoms with E-state index in [9.17, 15) is 5.26 Å². The third-order valence-electron chi connectivity index (χ3n) is 4.60. The molecule has 0 radical (unpaired) electrons. The molecule has 25 heavy (non-hydrogen) atoms. The molecule has 0 spiro atoms. The number of piperidine rings is 1. The average Bonchev–Trinajstić information content (AvgIpc) is 2.66. The van der Waals surface area contributed by atoms with E-state index in [0.29, 0.717) is 16.9 Å². The van der Waals surface area contributed by atoms with Crippen LogP contribution in [0.15, 0.2) is 18.3 Å². The Bertz CT molecular complexity index is 837. The Labute approximate surface area is 146 Å². The second kappa shape index (κ2) is 7.14. The lowest BCUT2D eigenvalue weighted by Crippen LogP contribution is -2.39. The molecule has 1 saturated heterocycles. The molecule has 0 aromatic carbocycles. The van der Waals surface area contributed by atoms with Gasteiger partial charge in [0.15, 0.2) is 5.82 Å². The van der Waals surface area contributed by atoms with E-state index in [0.717, 1.165) is 43.0 Å². The molecule has 2 aromatic heterocycles. The fourth-order valence-electron chi connectivity index (χ4n) is 2.93. The van der Waals surface area contributed by atoms with Gasteiger partial charge in [0.2, 0.25) is 0 Å². The molecule has 0 amide bonds. The summed E-state index contributed by atoms with van der Waals surface area (Å²) in [4.78, 5) is 6.55. The Morgan fingerprint density at radius 2 is 1.88 bits per heavy atom. The van der Waals surface area contributed by atoms with Crippen molar-refractivity contribution < 1.29 is 0 Å². The Kier molecular flexibility index (Phi) is 4.76. The summed E-state index contributed by atoms with van der Waals surface area (Å²) in [5.41, 5.74) is 2.80. The summed E-state index contributed by atoms with van der Waals surface area (Å²) in [7, 11) is 0. The normalized spacial score (nSPS) is 14.6. The Hall–Kier alpha value is -3.19. The maximum Gasteiger partial charge on any atom is 0.167 e. The molecule has 0 aliphatic carbocycles. The van der Waals surface area contributed by atoms with E-state index in [1.165, 1.54) is 0 Å². The smallest absolute Gasteiger partial charge is 0.167 e. The van der Waals surface area contributed by atoms with Gasteiger partial charge in [-0.15, -0.1) is 5.10 Å². The number of nitriles is 2. The predicted octanol–water partition coefficient (Wildman–Crippen LogP) is 2.31. The van der Waals surface area contributed by atoms with Crippen molar-refractivity contribution >= 4 is 11.6 Å². The quantitative estimate of drug-likeness (QED) is 0.919. The molecule has 2 aromatic rings. The average molecular weight is 333 g/mol. The van der Waals surface area contributed by atoms with Gasteiger partial charge in [-0.3, -0.25) is 0 Å². The van der Waals surface area contributed by atoms with Gasteiger partial charge in [0.05, 0.1) is 11.3 Å².